The van der Waals surface area contributed by atoms with E-state index in [-0.39, 0.29) is 29.7 Å². The molecule has 5 nitrogen and oxygen atoms in total. The number of ether oxygens (including phenoxy) is 1. The average Bonchev–Trinajstić information content (AvgIpc) is 2.60. The van der Waals surface area contributed by atoms with Crippen molar-refractivity contribution in [3.63, 3.8) is 0 Å². The molecule has 0 spiro atoms. The van der Waals surface area contributed by atoms with E-state index in [1.54, 1.807) is 12.1 Å². The Morgan fingerprint density at radius 3 is 2.76 bits per heavy atom. The molecule has 1 aliphatic carbocycles. The quantitative estimate of drug-likeness (QED) is 0.239. The van der Waals surface area contributed by atoms with Gasteiger partial charge in [-0.3, -0.25) is 0 Å². The van der Waals surface area contributed by atoms with E-state index in [0.717, 1.165) is 37.6 Å². The van der Waals surface area contributed by atoms with Crippen LogP contribution < -0.4 is 10.6 Å². The molecule has 0 heterocycles. The van der Waals surface area contributed by atoms with Gasteiger partial charge < -0.3 is 20.5 Å². The van der Waals surface area contributed by atoms with E-state index in [0.29, 0.717) is 12.6 Å². The molecule has 3 N–H and O–H groups in total. The third-order valence-electron chi connectivity index (χ3n) is 4.19. The van der Waals surface area contributed by atoms with Gasteiger partial charge >= 0.3 is 0 Å². The number of aliphatic imine (C=N–C) groups is 1. The standard InChI is InChI=1S/C19H31N3O2.HI/c1-2-20-19(22-15-16-8-6-9-17(23)14-16)21-12-7-13-24-18-10-4-3-5-11-18;/h6,8-9,14,18,23H,2-5,7,10-13,15H2,1H3,(H2,20,21,22);1H. The molecule has 0 aromatic heterocycles. The minimum absolute atomic E-state index is 0. The predicted molar refractivity (Wildman–Crippen MR) is 114 cm³/mol. The zero-order valence-corrected chi connectivity index (χ0v) is 17.5. The molecule has 0 bridgehead atoms. The third-order valence-corrected chi connectivity index (χ3v) is 4.19. The van der Waals surface area contributed by atoms with E-state index < -0.39 is 0 Å². The summed E-state index contributed by atoms with van der Waals surface area (Å²) >= 11 is 0. The second-order valence-electron chi connectivity index (χ2n) is 6.28. The molecule has 142 valence electrons. The van der Waals surface area contributed by atoms with Crippen molar-refractivity contribution in [3.8, 4) is 5.75 Å². The van der Waals surface area contributed by atoms with Crippen LogP contribution in [0.3, 0.4) is 0 Å². The lowest BCUT2D eigenvalue weighted by Crippen LogP contribution is -2.38. The first-order chi connectivity index (χ1) is 11.8. The van der Waals surface area contributed by atoms with Crippen molar-refractivity contribution in [2.24, 2.45) is 4.99 Å². The van der Waals surface area contributed by atoms with Crippen LogP contribution in [0, 0.1) is 0 Å². The highest BCUT2D eigenvalue weighted by Crippen LogP contribution is 2.20. The number of nitrogens with one attached hydrogen (secondary N) is 2. The normalized spacial score (nSPS) is 15.5. The summed E-state index contributed by atoms with van der Waals surface area (Å²) in [4.78, 5) is 4.55. The third kappa shape index (κ3) is 9.30. The highest BCUT2D eigenvalue weighted by Gasteiger charge is 2.12. The number of phenols is 1. The first kappa shape index (κ1) is 22.0. The van der Waals surface area contributed by atoms with Crippen molar-refractivity contribution in [1.82, 2.24) is 10.6 Å². The summed E-state index contributed by atoms with van der Waals surface area (Å²) < 4.78 is 5.94. The zero-order chi connectivity index (χ0) is 17.0. The molecule has 0 unspecified atom stereocenters. The van der Waals surface area contributed by atoms with Crippen LogP contribution in [0.5, 0.6) is 5.75 Å². The lowest BCUT2D eigenvalue weighted by atomic mass is 9.98. The zero-order valence-electron chi connectivity index (χ0n) is 15.2. The number of nitrogens with zero attached hydrogens (tertiary/aromatic N) is 1. The maximum atomic E-state index is 9.50. The first-order valence-corrected chi connectivity index (χ1v) is 9.19. The van der Waals surface area contributed by atoms with Gasteiger partial charge in [0.1, 0.15) is 5.75 Å². The summed E-state index contributed by atoms with van der Waals surface area (Å²) in [6.45, 7) is 5.08. The Kier molecular flexibility index (Phi) is 11.6. The Hall–Kier alpha value is -1.02. The molecule has 1 aliphatic rings. The van der Waals surface area contributed by atoms with E-state index in [4.69, 9.17) is 4.74 Å². The summed E-state index contributed by atoms with van der Waals surface area (Å²) in [5.41, 5.74) is 0.993. The van der Waals surface area contributed by atoms with Crippen molar-refractivity contribution >= 4 is 29.9 Å². The van der Waals surface area contributed by atoms with Gasteiger partial charge in [0.05, 0.1) is 12.6 Å². The molecule has 6 heteroatoms. The molecular weight excluding hydrogens is 429 g/mol. The summed E-state index contributed by atoms with van der Waals surface area (Å²) in [5, 5.41) is 16.1. The molecule has 1 aromatic rings. The van der Waals surface area contributed by atoms with Gasteiger partial charge in [-0.2, -0.15) is 0 Å². The minimum Gasteiger partial charge on any atom is -0.508 e. The maximum absolute atomic E-state index is 9.50. The Bertz CT molecular complexity index is 505. The Balaban J connectivity index is 0.00000312. The summed E-state index contributed by atoms with van der Waals surface area (Å²) in [6, 6.07) is 7.21. The summed E-state index contributed by atoms with van der Waals surface area (Å²) in [7, 11) is 0. The number of benzene rings is 1. The molecule has 0 aliphatic heterocycles. The van der Waals surface area contributed by atoms with Gasteiger partial charge in [0.15, 0.2) is 5.96 Å². The van der Waals surface area contributed by atoms with Gasteiger partial charge in [0, 0.05) is 19.7 Å². The molecule has 1 aromatic carbocycles. The molecule has 25 heavy (non-hydrogen) atoms. The van der Waals surface area contributed by atoms with Gasteiger partial charge in [0.25, 0.3) is 0 Å². The lowest BCUT2D eigenvalue weighted by Gasteiger charge is -2.22. The van der Waals surface area contributed by atoms with E-state index >= 15 is 0 Å². The Morgan fingerprint density at radius 2 is 2.04 bits per heavy atom. The molecule has 0 radical (unpaired) electrons. The Morgan fingerprint density at radius 1 is 1.24 bits per heavy atom. The predicted octanol–water partition coefficient (Wildman–Crippen LogP) is 3.80. The van der Waals surface area contributed by atoms with E-state index in [1.165, 1.54) is 32.1 Å². The molecule has 2 rings (SSSR count). The van der Waals surface area contributed by atoms with Crippen LogP contribution in [-0.4, -0.2) is 36.9 Å². The van der Waals surface area contributed by atoms with Crippen LogP contribution in [0.15, 0.2) is 29.3 Å². The second-order valence-corrected chi connectivity index (χ2v) is 6.28. The van der Waals surface area contributed by atoms with Crippen LogP contribution in [0.25, 0.3) is 0 Å². The smallest absolute Gasteiger partial charge is 0.191 e. The summed E-state index contributed by atoms with van der Waals surface area (Å²) in [5.74, 6) is 1.08. The van der Waals surface area contributed by atoms with Crippen molar-refractivity contribution in [2.45, 2.75) is 58.1 Å². The fraction of sp³-hybridized carbons (Fsp3) is 0.632. The minimum atomic E-state index is 0. The van der Waals surface area contributed by atoms with Gasteiger partial charge in [-0.1, -0.05) is 31.4 Å². The molecule has 0 atom stereocenters. The first-order valence-electron chi connectivity index (χ1n) is 9.19. The highest BCUT2D eigenvalue weighted by molar-refractivity contribution is 14.0. The van der Waals surface area contributed by atoms with Crippen LogP contribution in [-0.2, 0) is 11.3 Å². The van der Waals surface area contributed by atoms with Crippen molar-refractivity contribution in [2.75, 3.05) is 19.7 Å². The number of halogens is 1. The van der Waals surface area contributed by atoms with Crippen molar-refractivity contribution in [3.05, 3.63) is 29.8 Å². The molecular formula is C19H32IN3O2. The van der Waals surface area contributed by atoms with E-state index in [9.17, 15) is 5.11 Å². The molecule has 1 saturated carbocycles. The van der Waals surface area contributed by atoms with Gasteiger partial charge in [-0.25, -0.2) is 4.99 Å². The molecule has 0 saturated heterocycles. The lowest BCUT2D eigenvalue weighted by molar-refractivity contribution is 0.0277. The van der Waals surface area contributed by atoms with Crippen molar-refractivity contribution < 1.29 is 9.84 Å². The number of hydrogen-bond acceptors (Lipinski definition) is 3. The van der Waals surface area contributed by atoms with Crippen LogP contribution in [0.1, 0.15) is 51.0 Å². The number of phenolic OH excluding ortho intramolecular Hbond substituents is 1. The van der Waals surface area contributed by atoms with Crippen LogP contribution >= 0.6 is 24.0 Å². The molecule has 1 fully saturated rings. The molecule has 0 amide bonds. The fourth-order valence-electron chi connectivity index (χ4n) is 2.93. The topological polar surface area (TPSA) is 65.9 Å². The second kappa shape index (κ2) is 13.2. The fourth-order valence-corrected chi connectivity index (χ4v) is 2.93. The van der Waals surface area contributed by atoms with Crippen LogP contribution in [0.4, 0.5) is 0 Å². The average molecular weight is 461 g/mol. The van der Waals surface area contributed by atoms with E-state index in [1.807, 2.05) is 12.1 Å². The van der Waals surface area contributed by atoms with Gasteiger partial charge in [-0.15, -0.1) is 24.0 Å². The number of guanidine groups is 1. The monoisotopic (exact) mass is 461 g/mol. The number of hydrogen-bond donors (Lipinski definition) is 3. The number of aromatic hydroxyl groups is 1. The summed E-state index contributed by atoms with van der Waals surface area (Å²) in [6.07, 6.45) is 7.90. The van der Waals surface area contributed by atoms with Gasteiger partial charge in [-0.05, 0) is 43.9 Å². The van der Waals surface area contributed by atoms with Crippen molar-refractivity contribution in [1.29, 1.82) is 0 Å². The number of rotatable bonds is 8. The van der Waals surface area contributed by atoms with Crippen LogP contribution in [0.2, 0.25) is 0 Å². The van der Waals surface area contributed by atoms with Gasteiger partial charge in [0.2, 0.25) is 0 Å². The van der Waals surface area contributed by atoms with E-state index in [2.05, 4.69) is 22.5 Å². The largest absolute Gasteiger partial charge is 0.508 e. The maximum Gasteiger partial charge on any atom is 0.191 e. The Labute approximate surface area is 168 Å². The highest BCUT2D eigenvalue weighted by atomic mass is 127. The SMILES string of the molecule is CCNC(=NCc1cccc(O)c1)NCCCOC1CCCCC1.I.